The van der Waals surface area contributed by atoms with Crippen LogP contribution in [0.4, 0.5) is 0 Å². The maximum Gasteiger partial charge on any atom is 0.132 e. The van der Waals surface area contributed by atoms with Crippen molar-refractivity contribution in [2.45, 2.75) is 77.6 Å². The molecule has 0 bridgehead atoms. The molecule has 0 aliphatic rings. The van der Waals surface area contributed by atoms with Crippen LogP contribution in [0.25, 0.3) is 0 Å². The van der Waals surface area contributed by atoms with Crippen LogP contribution in [0.5, 0.6) is 0 Å². The minimum absolute atomic E-state index is 0.411. The fraction of sp³-hybridized carbons (Fsp3) is 0.800. The molecule has 0 aliphatic heterocycles. The molecule has 0 N–H and O–H groups in total. The van der Waals surface area contributed by atoms with E-state index < -0.39 is 0 Å². The first kappa shape index (κ1) is 15.2. The molecule has 0 amide bonds. The van der Waals surface area contributed by atoms with E-state index in [2.05, 4.69) is 5.92 Å². The summed E-state index contributed by atoms with van der Waals surface area (Å²) in [5.41, 5.74) is 0. The fourth-order valence-electron chi connectivity index (χ4n) is 1.79. The molecule has 0 heterocycles. The molecular formula is C15H26O. The van der Waals surface area contributed by atoms with Gasteiger partial charge in [-0.05, 0) is 12.8 Å². The van der Waals surface area contributed by atoms with E-state index in [-0.39, 0.29) is 0 Å². The lowest BCUT2D eigenvalue weighted by Gasteiger charge is -2.01. The molecule has 1 nitrogen and oxygen atoms in total. The Morgan fingerprint density at radius 1 is 0.938 bits per heavy atom. The van der Waals surface area contributed by atoms with Crippen molar-refractivity contribution in [1.29, 1.82) is 0 Å². The van der Waals surface area contributed by atoms with Gasteiger partial charge in [-0.1, -0.05) is 45.4 Å². The van der Waals surface area contributed by atoms with Crippen LogP contribution in [0.2, 0.25) is 0 Å². The van der Waals surface area contributed by atoms with E-state index in [1.54, 1.807) is 0 Å². The average molecular weight is 222 g/mol. The predicted molar refractivity (Wildman–Crippen MR) is 70.3 cm³/mol. The molecular weight excluding hydrogens is 196 g/mol. The fourth-order valence-corrected chi connectivity index (χ4v) is 1.79. The van der Waals surface area contributed by atoms with E-state index >= 15 is 0 Å². The van der Waals surface area contributed by atoms with Crippen molar-refractivity contribution in [3.8, 4) is 12.3 Å². The zero-order valence-corrected chi connectivity index (χ0v) is 10.8. The standard InChI is InChI=1S/C15H26O/c1-3-5-6-7-8-9-10-11-12-13-14-15(16)4-2/h1H,4-14H2,2H3. The molecule has 0 aromatic rings. The Bertz CT molecular complexity index is 200. The number of terminal acetylenes is 1. The van der Waals surface area contributed by atoms with Crippen LogP contribution < -0.4 is 0 Å². The summed E-state index contributed by atoms with van der Waals surface area (Å²) in [6.07, 6.45) is 17.6. The van der Waals surface area contributed by atoms with Gasteiger partial charge in [-0.25, -0.2) is 0 Å². The van der Waals surface area contributed by atoms with Crippen LogP contribution in [-0.4, -0.2) is 5.78 Å². The van der Waals surface area contributed by atoms with Crippen LogP contribution in [0.3, 0.4) is 0 Å². The number of Topliss-reactive ketones (excluding diaryl/α,β-unsaturated/α-hetero) is 1. The lowest BCUT2D eigenvalue weighted by molar-refractivity contribution is -0.118. The maximum atomic E-state index is 11.0. The third kappa shape index (κ3) is 11.3. The lowest BCUT2D eigenvalue weighted by Crippen LogP contribution is -1.94. The van der Waals surface area contributed by atoms with Gasteiger partial charge in [0, 0.05) is 19.3 Å². The summed E-state index contributed by atoms with van der Waals surface area (Å²) in [5, 5.41) is 0. The normalized spacial score (nSPS) is 10.0. The van der Waals surface area contributed by atoms with Gasteiger partial charge in [0.15, 0.2) is 0 Å². The molecule has 0 saturated carbocycles. The highest BCUT2D eigenvalue weighted by Crippen LogP contribution is 2.10. The Labute approximate surface area is 101 Å². The smallest absolute Gasteiger partial charge is 0.132 e. The molecule has 0 rings (SSSR count). The summed E-state index contributed by atoms with van der Waals surface area (Å²) in [5.74, 6) is 3.08. The minimum Gasteiger partial charge on any atom is -0.300 e. The number of hydrogen-bond acceptors (Lipinski definition) is 1. The first-order valence-electron chi connectivity index (χ1n) is 6.76. The van der Waals surface area contributed by atoms with Crippen molar-refractivity contribution >= 4 is 5.78 Å². The molecule has 0 spiro atoms. The summed E-state index contributed by atoms with van der Waals surface area (Å²) in [6.45, 7) is 1.94. The number of hydrogen-bond donors (Lipinski definition) is 0. The molecule has 0 aliphatic carbocycles. The van der Waals surface area contributed by atoms with E-state index in [0.29, 0.717) is 12.2 Å². The van der Waals surface area contributed by atoms with Gasteiger partial charge in [0.2, 0.25) is 0 Å². The number of rotatable bonds is 11. The van der Waals surface area contributed by atoms with Crippen LogP contribution in [-0.2, 0) is 4.79 Å². The van der Waals surface area contributed by atoms with Crippen LogP contribution in [0.1, 0.15) is 77.6 Å². The van der Waals surface area contributed by atoms with Crippen molar-refractivity contribution < 1.29 is 4.79 Å². The Hall–Kier alpha value is -0.770. The quantitative estimate of drug-likeness (QED) is 0.371. The molecule has 16 heavy (non-hydrogen) atoms. The third-order valence-corrected chi connectivity index (χ3v) is 2.92. The second-order valence-electron chi connectivity index (χ2n) is 4.42. The van der Waals surface area contributed by atoms with Gasteiger partial charge in [-0.3, -0.25) is 4.79 Å². The van der Waals surface area contributed by atoms with Crippen molar-refractivity contribution in [2.24, 2.45) is 0 Å². The molecule has 0 atom stereocenters. The Morgan fingerprint density at radius 2 is 1.44 bits per heavy atom. The number of ketones is 1. The van der Waals surface area contributed by atoms with E-state index in [4.69, 9.17) is 6.42 Å². The highest BCUT2D eigenvalue weighted by Gasteiger charge is 1.97. The summed E-state index contributed by atoms with van der Waals surface area (Å²) >= 11 is 0. The Balaban J connectivity index is 2.99. The van der Waals surface area contributed by atoms with Gasteiger partial charge in [-0.15, -0.1) is 12.3 Å². The Kier molecular flexibility index (Phi) is 11.7. The SMILES string of the molecule is C#CCCCCCCCCCCC(=O)CC. The summed E-state index contributed by atoms with van der Waals surface area (Å²) < 4.78 is 0. The lowest BCUT2D eigenvalue weighted by atomic mass is 10.1. The molecule has 0 unspecified atom stereocenters. The predicted octanol–water partition coefficient (Wildman–Crippen LogP) is 4.50. The Morgan fingerprint density at radius 3 is 1.94 bits per heavy atom. The largest absolute Gasteiger partial charge is 0.300 e. The monoisotopic (exact) mass is 222 g/mol. The molecule has 0 saturated heterocycles. The summed E-state index contributed by atoms with van der Waals surface area (Å²) in [6, 6.07) is 0. The maximum absolute atomic E-state index is 11.0. The molecule has 0 fully saturated rings. The molecule has 0 aromatic heterocycles. The zero-order valence-electron chi connectivity index (χ0n) is 10.8. The van der Waals surface area contributed by atoms with Crippen molar-refractivity contribution in [2.75, 3.05) is 0 Å². The van der Waals surface area contributed by atoms with Gasteiger partial charge in [-0.2, -0.15) is 0 Å². The summed E-state index contributed by atoms with van der Waals surface area (Å²) in [4.78, 5) is 11.0. The van der Waals surface area contributed by atoms with Gasteiger partial charge in [0.25, 0.3) is 0 Å². The number of carbonyl (C=O) groups is 1. The van der Waals surface area contributed by atoms with Gasteiger partial charge < -0.3 is 0 Å². The van der Waals surface area contributed by atoms with Crippen molar-refractivity contribution in [3.63, 3.8) is 0 Å². The number of carbonyl (C=O) groups excluding carboxylic acids is 1. The first-order chi connectivity index (χ1) is 7.81. The zero-order chi connectivity index (χ0) is 12.1. The highest BCUT2D eigenvalue weighted by molar-refractivity contribution is 5.77. The summed E-state index contributed by atoms with van der Waals surface area (Å²) in [7, 11) is 0. The molecule has 1 heteroatoms. The van der Waals surface area contributed by atoms with E-state index in [9.17, 15) is 4.79 Å². The topological polar surface area (TPSA) is 17.1 Å². The van der Waals surface area contributed by atoms with Crippen molar-refractivity contribution in [1.82, 2.24) is 0 Å². The van der Waals surface area contributed by atoms with E-state index in [1.807, 2.05) is 6.92 Å². The van der Waals surface area contributed by atoms with E-state index in [0.717, 1.165) is 19.3 Å². The first-order valence-corrected chi connectivity index (χ1v) is 6.76. The highest BCUT2D eigenvalue weighted by atomic mass is 16.1. The molecule has 0 aromatic carbocycles. The number of unbranched alkanes of at least 4 members (excludes halogenated alkanes) is 8. The van der Waals surface area contributed by atoms with Crippen molar-refractivity contribution in [3.05, 3.63) is 0 Å². The van der Waals surface area contributed by atoms with Crippen LogP contribution in [0, 0.1) is 12.3 Å². The van der Waals surface area contributed by atoms with Crippen LogP contribution in [0.15, 0.2) is 0 Å². The molecule has 92 valence electrons. The van der Waals surface area contributed by atoms with Gasteiger partial charge in [0.1, 0.15) is 5.78 Å². The molecule has 0 radical (unpaired) electrons. The second-order valence-corrected chi connectivity index (χ2v) is 4.42. The second kappa shape index (κ2) is 12.3. The average Bonchev–Trinajstić information content (AvgIpc) is 2.31. The van der Waals surface area contributed by atoms with Gasteiger partial charge >= 0.3 is 0 Å². The van der Waals surface area contributed by atoms with Gasteiger partial charge in [0.05, 0.1) is 0 Å². The minimum atomic E-state index is 0.411. The van der Waals surface area contributed by atoms with Crippen LogP contribution >= 0.6 is 0 Å². The van der Waals surface area contributed by atoms with E-state index in [1.165, 1.54) is 44.9 Å². The third-order valence-electron chi connectivity index (χ3n) is 2.92.